The number of aromatic nitrogens is 2. The quantitative estimate of drug-likeness (QED) is 0.825. The Kier molecular flexibility index (Phi) is 3.43. The highest BCUT2D eigenvalue weighted by atomic mass is 35.5. The molecule has 4 aliphatic heterocycles. The van der Waals surface area contributed by atoms with E-state index in [1.807, 2.05) is 0 Å². The molecule has 4 saturated heterocycles. The number of nitrogens with zero attached hydrogens (tertiary/aromatic N) is 4. The molecule has 4 fully saturated rings. The standard InChI is InChI=1S/C15H21ClN4O2/c1-15(2)9-21-4-3-20(15)12-6-13(17-18-14(12)16)19-7-10-5-11(8-19)22-10/h6,10-11H,3-5,7-9H2,1-2H3. The molecule has 22 heavy (non-hydrogen) atoms. The first-order chi connectivity index (χ1) is 10.5. The highest BCUT2D eigenvalue weighted by Gasteiger charge is 2.39. The Balaban J connectivity index is 1.63. The topological polar surface area (TPSA) is 50.7 Å². The van der Waals surface area contributed by atoms with E-state index < -0.39 is 0 Å². The average molecular weight is 325 g/mol. The van der Waals surface area contributed by atoms with Crippen molar-refractivity contribution in [2.75, 3.05) is 42.6 Å². The number of piperidine rings is 1. The van der Waals surface area contributed by atoms with Gasteiger partial charge >= 0.3 is 0 Å². The number of hydrogen-bond donors (Lipinski definition) is 0. The molecule has 2 atom stereocenters. The van der Waals surface area contributed by atoms with E-state index in [-0.39, 0.29) is 5.54 Å². The first-order valence-corrected chi connectivity index (χ1v) is 8.20. The number of fused-ring (bicyclic) bond motifs is 2. The summed E-state index contributed by atoms with van der Waals surface area (Å²) in [7, 11) is 0. The molecule has 1 aromatic heterocycles. The van der Waals surface area contributed by atoms with Crippen LogP contribution in [0.15, 0.2) is 6.07 Å². The molecule has 1 aromatic rings. The van der Waals surface area contributed by atoms with E-state index in [1.54, 1.807) is 0 Å². The SMILES string of the molecule is CC1(C)COCCN1c1cc(N2CC3CC(C2)O3)nnc1Cl. The molecule has 6 nitrogen and oxygen atoms in total. The average Bonchev–Trinajstić information content (AvgIpc) is 2.47. The van der Waals surface area contributed by atoms with Crippen LogP contribution in [0.4, 0.5) is 11.5 Å². The van der Waals surface area contributed by atoms with Crippen LogP contribution in [0.2, 0.25) is 5.15 Å². The molecule has 0 spiro atoms. The fourth-order valence-electron chi connectivity index (χ4n) is 3.55. The van der Waals surface area contributed by atoms with Crippen LogP contribution in [0, 0.1) is 0 Å². The maximum absolute atomic E-state index is 6.33. The summed E-state index contributed by atoms with van der Waals surface area (Å²) in [6.07, 6.45) is 1.86. The molecule has 0 N–H and O–H groups in total. The van der Waals surface area contributed by atoms with Crippen LogP contribution in [0.5, 0.6) is 0 Å². The zero-order chi connectivity index (χ0) is 15.3. The molecule has 0 saturated carbocycles. The van der Waals surface area contributed by atoms with Crippen molar-refractivity contribution in [3.63, 3.8) is 0 Å². The molecule has 0 aliphatic carbocycles. The first kappa shape index (κ1) is 14.5. The van der Waals surface area contributed by atoms with Crippen LogP contribution in [-0.2, 0) is 9.47 Å². The second-order valence-corrected chi connectivity index (χ2v) is 7.27. The normalized spacial score (nSPS) is 30.1. The van der Waals surface area contributed by atoms with Crippen molar-refractivity contribution in [2.24, 2.45) is 0 Å². The number of morpholine rings is 2. The van der Waals surface area contributed by atoms with E-state index in [9.17, 15) is 0 Å². The van der Waals surface area contributed by atoms with Gasteiger partial charge in [0.1, 0.15) is 0 Å². The second kappa shape index (κ2) is 5.22. The lowest BCUT2D eigenvalue weighted by atomic mass is 9.98. The summed E-state index contributed by atoms with van der Waals surface area (Å²) in [4.78, 5) is 4.53. The minimum atomic E-state index is -0.102. The minimum absolute atomic E-state index is 0.102. The lowest BCUT2D eigenvalue weighted by molar-refractivity contribution is -0.133. The molecule has 5 heterocycles. The maximum atomic E-state index is 6.33. The van der Waals surface area contributed by atoms with Gasteiger partial charge < -0.3 is 19.3 Å². The molecular weight excluding hydrogens is 304 g/mol. The summed E-state index contributed by atoms with van der Waals surface area (Å²) in [6.45, 7) is 8.30. The predicted octanol–water partition coefficient (Wildman–Crippen LogP) is 1.72. The third-order valence-electron chi connectivity index (χ3n) is 4.74. The van der Waals surface area contributed by atoms with Crippen LogP contribution >= 0.6 is 11.6 Å². The Labute approximate surface area is 135 Å². The summed E-state index contributed by atoms with van der Waals surface area (Å²) < 4.78 is 11.3. The molecule has 0 radical (unpaired) electrons. The lowest BCUT2D eigenvalue weighted by Crippen LogP contribution is -2.57. The van der Waals surface area contributed by atoms with Gasteiger partial charge in [0.05, 0.1) is 36.6 Å². The Bertz CT molecular complexity index is 567. The highest BCUT2D eigenvalue weighted by Crippen LogP contribution is 2.35. The molecule has 0 amide bonds. The Morgan fingerprint density at radius 1 is 1.27 bits per heavy atom. The number of ether oxygens (including phenoxy) is 2. The summed E-state index contributed by atoms with van der Waals surface area (Å²) in [6, 6.07) is 2.06. The van der Waals surface area contributed by atoms with E-state index in [1.165, 1.54) is 6.42 Å². The maximum Gasteiger partial charge on any atom is 0.175 e. The van der Waals surface area contributed by atoms with E-state index >= 15 is 0 Å². The Hall–Kier alpha value is -1.11. The van der Waals surface area contributed by atoms with Gasteiger partial charge in [-0.15, -0.1) is 10.2 Å². The third-order valence-corrected chi connectivity index (χ3v) is 5.01. The minimum Gasteiger partial charge on any atom is -0.377 e. The smallest absolute Gasteiger partial charge is 0.175 e. The molecular formula is C15H21ClN4O2. The number of hydrogen-bond acceptors (Lipinski definition) is 6. The molecule has 7 heteroatoms. The fourth-order valence-corrected chi connectivity index (χ4v) is 3.74. The zero-order valence-corrected chi connectivity index (χ0v) is 13.7. The monoisotopic (exact) mass is 324 g/mol. The van der Waals surface area contributed by atoms with Crippen molar-refractivity contribution in [3.05, 3.63) is 11.2 Å². The van der Waals surface area contributed by atoms with Gasteiger partial charge in [-0.05, 0) is 13.8 Å². The van der Waals surface area contributed by atoms with Crippen LogP contribution in [0.25, 0.3) is 0 Å². The van der Waals surface area contributed by atoms with Crippen molar-refractivity contribution >= 4 is 23.1 Å². The van der Waals surface area contributed by atoms with Gasteiger partial charge in [-0.3, -0.25) is 0 Å². The van der Waals surface area contributed by atoms with E-state index in [0.29, 0.717) is 30.6 Å². The fraction of sp³-hybridized carbons (Fsp3) is 0.733. The summed E-state index contributed by atoms with van der Waals surface area (Å²) in [5.41, 5.74) is 0.843. The predicted molar refractivity (Wildman–Crippen MR) is 84.8 cm³/mol. The summed E-state index contributed by atoms with van der Waals surface area (Å²) in [5.74, 6) is 0.889. The number of rotatable bonds is 2. The van der Waals surface area contributed by atoms with Crippen molar-refractivity contribution in [1.29, 1.82) is 0 Å². The van der Waals surface area contributed by atoms with Gasteiger partial charge in [-0.2, -0.15) is 0 Å². The van der Waals surface area contributed by atoms with Gasteiger partial charge in [0.2, 0.25) is 0 Å². The summed E-state index contributed by atoms with van der Waals surface area (Å²) in [5, 5.41) is 8.93. The third kappa shape index (κ3) is 2.43. The van der Waals surface area contributed by atoms with Gasteiger partial charge in [-0.25, -0.2) is 0 Å². The Morgan fingerprint density at radius 2 is 2.00 bits per heavy atom. The molecule has 2 unspecified atom stereocenters. The molecule has 120 valence electrons. The van der Waals surface area contributed by atoms with Gasteiger partial charge in [0, 0.05) is 32.1 Å². The second-order valence-electron chi connectivity index (χ2n) is 6.92. The van der Waals surface area contributed by atoms with Crippen LogP contribution in [0.1, 0.15) is 20.3 Å². The molecule has 0 aromatic carbocycles. The molecule has 5 rings (SSSR count). The first-order valence-electron chi connectivity index (χ1n) is 7.82. The molecule has 4 aliphatic rings. The van der Waals surface area contributed by atoms with Crippen molar-refractivity contribution in [3.8, 4) is 0 Å². The van der Waals surface area contributed by atoms with Gasteiger partial charge in [0.15, 0.2) is 11.0 Å². The van der Waals surface area contributed by atoms with Gasteiger partial charge in [0.25, 0.3) is 0 Å². The van der Waals surface area contributed by atoms with E-state index in [2.05, 4.69) is 39.9 Å². The lowest BCUT2D eigenvalue weighted by Gasteiger charge is -2.47. The van der Waals surface area contributed by atoms with Gasteiger partial charge in [-0.1, -0.05) is 11.6 Å². The van der Waals surface area contributed by atoms with Crippen molar-refractivity contribution in [2.45, 2.75) is 38.0 Å². The zero-order valence-electron chi connectivity index (χ0n) is 13.0. The van der Waals surface area contributed by atoms with Crippen molar-refractivity contribution < 1.29 is 9.47 Å². The number of anilines is 2. The van der Waals surface area contributed by atoms with Crippen LogP contribution in [-0.4, -0.2) is 60.8 Å². The molecule has 2 bridgehead atoms. The Morgan fingerprint density at radius 3 is 2.68 bits per heavy atom. The van der Waals surface area contributed by atoms with Crippen LogP contribution < -0.4 is 9.80 Å². The van der Waals surface area contributed by atoms with E-state index in [0.717, 1.165) is 31.1 Å². The largest absolute Gasteiger partial charge is 0.377 e. The van der Waals surface area contributed by atoms with Crippen LogP contribution in [0.3, 0.4) is 0 Å². The number of halogens is 1. The van der Waals surface area contributed by atoms with E-state index in [4.69, 9.17) is 21.1 Å². The summed E-state index contributed by atoms with van der Waals surface area (Å²) >= 11 is 6.33. The highest BCUT2D eigenvalue weighted by molar-refractivity contribution is 6.32. The van der Waals surface area contributed by atoms with Crippen molar-refractivity contribution in [1.82, 2.24) is 10.2 Å².